The second-order valence-electron chi connectivity index (χ2n) is 13.4. The molecule has 0 bridgehead atoms. The van der Waals surface area contributed by atoms with Crippen LogP contribution >= 0.6 is 34.4 Å². The first kappa shape index (κ1) is 35.8. The molecule has 2 aliphatic heterocycles. The highest BCUT2D eigenvalue weighted by atomic mass is 32.2. The largest absolute Gasteiger partial charge is 0.492 e. The quantitative estimate of drug-likeness (QED) is 0.0979. The number of piperidine rings is 1. The number of hydrogen-bond donors (Lipinski definition) is 1. The van der Waals surface area contributed by atoms with Crippen molar-refractivity contribution in [3.05, 3.63) is 75.5 Å². The number of oxazole rings is 1. The van der Waals surface area contributed by atoms with Gasteiger partial charge in [-0.2, -0.15) is 5.26 Å². The summed E-state index contributed by atoms with van der Waals surface area (Å²) in [5, 5.41) is 15.7. The maximum atomic E-state index is 13.2. The summed E-state index contributed by atoms with van der Waals surface area (Å²) < 4.78 is 13.0. The van der Waals surface area contributed by atoms with Crippen LogP contribution in [0.3, 0.4) is 0 Å². The first-order valence-corrected chi connectivity index (χ1v) is 19.4. The smallest absolute Gasteiger partial charge is 0.265 e. The average Bonchev–Trinajstić information content (AvgIpc) is 3.89. The molecule has 3 aromatic heterocycles. The standard InChI is InChI=1S/C36H41N7O4S3/c1-23-28-6-5-27(17-25(28)9-13-43(23)34(45)26(19-37)18-31-38-10-16-48-31)46-15-14-42-11-7-24(8-12-42)33(44)41-35-40-21-32(50-35)49-22-30-39-20-29(47-30)36(2,3)4/h5-6,10,16-18,20-21,23-24H,7-9,11-15,22H2,1-4H3,(H,40,41,44)/b26-18+. The van der Waals surface area contributed by atoms with Gasteiger partial charge in [0, 0.05) is 36.0 Å². The summed E-state index contributed by atoms with van der Waals surface area (Å²) in [5.41, 5.74) is 2.24. The van der Waals surface area contributed by atoms with E-state index in [1.165, 1.54) is 22.7 Å². The Kier molecular flexibility index (Phi) is 11.4. The van der Waals surface area contributed by atoms with Crippen molar-refractivity contribution in [3.63, 3.8) is 0 Å². The van der Waals surface area contributed by atoms with Gasteiger partial charge >= 0.3 is 0 Å². The molecule has 262 valence electrons. The van der Waals surface area contributed by atoms with Crippen molar-refractivity contribution >= 4 is 57.5 Å². The van der Waals surface area contributed by atoms with Crippen LogP contribution in [0, 0.1) is 17.2 Å². The van der Waals surface area contributed by atoms with E-state index in [2.05, 4.69) is 58.1 Å². The van der Waals surface area contributed by atoms with Crippen molar-refractivity contribution in [3.8, 4) is 11.8 Å². The minimum atomic E-state index is -0.274. The number of ether oxygens (including phenoxy) is 1. The van der Waals surface area contributed by atoms with Crippen molar-refractivity contribution < 1.29 is 18.7 Å². The molecule has 1 aromatic carbocycles. The summed E-state index contributed by atoms with van der Waals surface area (Å²) in [7, 11) is 0. The van der Waals surface area contributed by atoms with Crippen molar-refractivity contribution in [2.24, 2.45) is 5.92 Å². The van der Waals surface area contributed by atoms with Gasteiger partial charge in [-0.05, 0) is 68.6 Å². The number of nitriles is 1. The minimum Gasteiger partial charge on any atom is -0.492 e. The summed E-state index contributed by atoms with van der Waals surface area (Å²) in [4.78, 5) is 43.3. The molecule has 4 aromatic rings. The zero-order valence-electron chi connectivity index (χ0n) is 28.7. The highest BCUT2D eigenvalue weighted by molar-refractivity contribution is 8.00. The van der Waals surface area contributed by atoms with E-state index in [0.717, 1.165) is 59.3 Å². The topological polar surface area (TPSA) is 137 Å². The molecule has 14 heteroatoms. The van der Waals surface area contributed by atoms with Crippen LogP contribution in [0.25, 0.3) is 6.08 Å². The van der Waals surface area contributed by atoms with Crippen LogP contribution in [0.15, 0.2) is 56.4 Å². The van der Waals surface area contributed by atoms with Crippen LogP contribution in [0.1, 0.15) is 74.4 Å². The van der Waals surface area contributed by atoms with E-state index in [-0.39, 0.29) is 34.8 Å². The molecule has 2 amide bonds. The van der Waals surface area contributed by atoms with Gasteiger partial charge in [0.25, 0.3) is 5.91 Å². The Morgan fingerprint density at radius 2 is 2.00 bits per heavy atom. The molecule has 1 fully saturated rings. The monoisotopic (exact) mass is 731 g/mol. The lowest BCUT2D eigenvalue weighted by molar-refractivity contribution is -0.129. The number of likely N-dealkylation sites (tertiary alicyclic amines) is 1. The number of carbonyl (C=O) groups excluding carboxylic acids is 2. The van der Waals surface area contributed by atoms with Crippen molar-refractivity contribution in [2.45, 2.75) is 68.4 Å². The molecule has 1 atom stereocenters. The highest BCUT2D eigenvalue weighted by Gasteiger charge is 2.30. The number of hydrogen-bond acceptors (Lipinski definition) is 12. The number of thioether (sulfide) groups is 1. The predicted octanol–water partition coefficient (Wildman–Crippen LogP) is 6.96. The molecule has 0 aliphatic carbocycles. The molecule has 2 aliphatic rings. The number of anilines is 1. The van der Waals surface area contributed by atoms with Gasteiger partial charge in [-0.15, -0.1) is 23.1 Å². The fourth-order valence-electron chi connectivity index (χ4n) is 6.06. The summed E-state index contributed by atoms with van der Waals surface area (Å²) >= 11 is 4.46. The number of benzene rings is 1. The van der Waals surface area contributed by atoms with Gasteiger partial charge in [0.15, 0.2) is 5.13 Å². The van der Waals surface area contributed by atoms with Crippen LogP contribution in [-0.2, 0) is 27.2 Å². The van der Waals surface area contributed by atoms with Gasteiger partial charge in [-0.1, -0.05) is 38.2 Å². The third-order valence-electron chi connectivity index (χ3n) is 8.96. The van der Waals surface area contributed by atoms with Crippen LogP contribution in [0.2, 0.25) is 0 Å². The maximum Gasteiger partial charge on any atom is 0.265 e. The van der Waals surface area contributed by atoms with E-state index in [4.69, 9.17) is 9.15 Å². The summed E-state index contributed by atoms with van der Waals surface area (Å²) in [5.74, 6) is 2.67. The van der Waals surface area contributed by atoms with Gasteiger partial charge in [-0.3, -0.25) is 14.5 Å². The number of rotatable bonds is 11. The number of thiazole rings is 2. The molecule has 1 unspecified atom stereocenters. The normalized spacial score (nSPS) is 17.3. The molecular formula is C36H41N7O4S3. The van der Waals surface area contributed by atoms with Gasteiger partial charge < -0.3 is 19.4 Å². The van der Waals surface area contributed by atoms with E-state index in [0.29, 0.717) is 41.4 Å². The number of fused-ring (bicyclic) bond motifs is 1. The van der Waals surface area contributed by atoms with E-state index < -0.39 is 0 Å². The second kappa shape index (κ2) is 15.9. The highest BCUT2D eigenvalue weighted by Crippen LogP contribution is 2.34. The molecule has 1 N–H and O–H groups in total. The summed E-state index contributed by atoms with van der Waals surface area (Å²) in [6.45, 7) is 11.8. The molecule has 6 rings (SSSR count). The van der Waals surface area contributed by atoms with Gasteiger partial charge in [-0.25, -0.2) is 15.0 Å². The Balaban J connectivity index is 0.914. The van der Waals surface area contributed by atoms with E-state index >= 15 is 0 Å². The van der Waals surface area contributed by atoms with Crippen LogP contribution in [0.4, 0.5) is 5.13 Å². The van der Waals surface area contributed by atoms with Gasteiger partial charge in [0.1, 0.15) is 34.8 Å². The Hall–Kier alpha value is -4.03. The zero-order valence-corrected chi connectivity index (χ0v) is 31.1. The van der Waals surface area contributed by atoms with E-state index in [9.17, 15) is 14.9 Å². The minimum absolute atomic E-state index is 0.0252. The number of aromatic nitrogens is 3. The molecule has 1 saturated heterocycles. The number of nitrogens with one attached hydrogen (secondary N) is 1. The maximum absolute atomic E-state index is 13.2. The zero-order chi connectivity index (χ0) is 35.3. The number of amides is 2. The fraction of sp³-hybridized carbons (Fsp3) is 0.444. The van der Waals surface area contributed by atoms with Crippen LogP contribution < -0.4 is 10.1 Å². The average molecular weight is 732 g/mol. The third-order valence-corrected chi connectivity index (χ3v) is 11.8. The molecule has 5 heterocycles. The Bertz CT molecular complexity index is 1860. The van der Waals surface area contributed by atoms with Gasteiger partial charge in [0.2, 0.25) is 11.8 Å². The summed E-state index contributed by atoms with van der Waals surface area (Å²) in [6.07, 6.45) is 9.07. The lowest BCUT2D eigenvalue weighted by atomic mass is 9.92. The first-order valence-electron chi connectivity index (χ1n) is 16.7. The predicted molar refractivity (Wildman–Crippen MR) is 196 cm³/mol. The number of carbonyl (C=O) groups is 2. The summed E-state index contributed by atoms with van der Waals surface area (Å²) in [6, 6.07) is 7.95. The fourth-order valence-corrected chi connectivity index (χ4v) is 8.36. The van der Waals surface area contributed by atoms with Crippen molar-refractivity contribution in [1.29, 1.82) is 5.26 Å². The van der Waals surface area contributed by atoms with E-state index in [1.54, 1.807) is 41.3 Å². The van der Waals surface area contributed by atoms with Gasteiger partial charge in [0.05, 0.1) is 28.4 Å². The van der Waals surface area contributed by atoms with Crippen molar-refractivity contribution in [2.75, 3.05) is 38.1 Å². The molecule has 0 radical (unpaired) electrons. The SMILES string of the molecule is CC1c2ccc(OCCN3CCC(C(=O)Nc4ncc(SCc5ncc(C(C)(C)C)o5)s4)CC3)cc2CCN1C(=O)/C(C#N)=C/c1nccs1. The lowest BCUT2D eigenvalue weighted by Crippen LogP contribution is -2.40. The molecular weight excluding hydrogens is 691 g/mol. The third kappa shape index (κ3) is 8.81. The Morgan fingerprint density at radius 1 is 1.18 bits per heavy atom. The van der Waals surface area contributed by atoms with E-state index in [1.807, 2.05) is 24.4 Å². The van der Waals surface area contributed by atoms with Crippen LogP contribution in [-0.4, -0.2) is 69.4 Å². The Morgan fingerprint density at radius 3 is 2.72 bits per heavy atom. The number of nitrogens with zero attached hydrogens (tertiary/aromatic N) is 6. The van der Waals surface area contributed by atoms with Crippen LogP contribution in [0.5, 0.6) is 5.75 Å². The Labute approximate surface area is 304 Å². The molecule has 50 heavy (non-hydrogen) atoms. The molecule has 0 saturated carbocycles. The molecule has 11 nitrogen and oxygen atoms in total. The van der Waals surface area contributed by atoms with Crippen molar-refractivity contribution in [1.82, 2.24) is 24.8 Å². The first-order chi connectivity index (χ1) is 24.1. The molecule has 0 spiro atoms. The lowest BCUT2D eigenvalue weighted by Gasteiger charge is -2.35. The second-order valence-corrected chi connectivity index (χ2v) is 16.7.